The highest BCUT2D eigenvalue weighted by molar-refractivity contribution is 7.92. The number of rotatable bonds is 4. The van der Waals surface area contributed by atoms with Gasteiger partial charge < -0.3 is 5.32 Å². The monoisotopic (exact) mass is 291 g/mol. The zero-order valence-corrected chi connectivity index (χ0v) is 12.5. The van der Waals surface area contributed by atoms with Crippen molar-refractivity contribution in [2.24, 2.45) is 0 Å². The highest BCUT2D eigenvalue weighted by atomic mass is 32.2. The number of aryl methyl sites for hydroxylation is 2. The highest BCUT2D eigenvalue weighted by Gasteiger charge is 2.19. The first-order chi connectivity index (χ1) is 9.44. The molecule has 0 fully saturated rings. The van der Waals surface area contributed by atoms with Crippen molar-refractivity contribution < 1.29 is 8.42 Å². The van der Waals surface area contributed by atoms with Gasteiger partial charge in [-0.05, 0) is 49.2 Å². The summed E-state index contributed by atoms with van der Waals surface area (Å²) in [6.07, 6.45) is 1.45. The average molecular weight is 291 g/mol. The summed E-state index contributed by atoms with van der Waals surface area (Å²) >= 11 is 0. The molecule has 0 aliphatic carbocycles. The van der Waals surface area contributed by atoms with E-state index < -0.39 is 10.0 Å². The van der Waals surface area contributed by atoms with E-state index in [1.165, 1.54) is 6.20 Å². The molecular weight excluding hydrogens is 274 g/mol. The van der Waals surface area contributed by atoms with Gasteiger partial charge in [0.15, 0.2) is 5.03 Å². The fraction of sp³-hybridized carbons (Fsp3) is 0.214. The Kier molecular flexibility index (Phi) is 3.94. The van der Waals surface area contributed by atoms with Gasteiger partial charge in [-0.3, -0.25) is 4.72 Å². The van der Waals surface area contributed by atoms with Crippen molar-refractivity contribution in [1.29, 1.82) is 0 Å². The summed E-state index contributed by atoms with van der Waals surface area (Å²) in [4.78, 5) is 3.94. The molecule has 0 amide bonds. The Hall–Kier alpha value is -2.08. The zero-order chi connectivity index (χ0) is 14.8. The molecule has 0 spiro atoms. The Labute approximate surface area is 119 Å². The molecular formula is C14H17N3O2S. The van der Waals surface area contributed by atoms with Crippen LogP contribution >= 0.6 is 0 Å². The van der Waals surface area contributed by atoms with Gasteiger partial charge in [0.1, 0.15) is 0 Å². The molecule has 20 heavy (non-hydrogen) atoms. The Morgan fingerprint density at radius 1 is 1.10 bits per heavy atom. The molecule has 0 atom stereocenters. The molecule has 2 rings (SSSR count). The number of sulfonamides is 1. The van der Waals surface area contributed by atoms with Crippen LogP contribution < -0.4 is 10.0 Å². The van der Waals surface area contributed by atoms with E-state index in [0.29, 0.717) is 11.4 Å². The van der Waals surface area contributed by atoms with E-state index in [2.05, 4.69) is 15.0 Å². The van der Waals surface area contributed by atoms with Gasteiger partial charge in [0.25, 0.3) is 10.0 Å². The van der Waals surface area contributed by atoms with Crippen LogP contribution in [-0.2, 0) is 10.0 Å². The number of aromatic nitrogens is 1. The lowest BCUT2D eigenvalue weighted by Crippen LogP contribution is -2.16. The molecule has 0 aliphatic heterocycles. The Bertz CT molecular complexity index is 727. The van der Waals surface area contributed by atoms with Crippen LogP contribution in [0.4, 0.5) is 11.4 Å². The van der Waals surface area contributed by atoms with Crippen LogP contribution in [0, 0.1) is 13.8 Å². The average Bonchev–Trinajstić information content (AvgIpc) is 2.42. The summed E-state index contributed by atoms with van der Waals surface area (Å²) in [5.41, 5.74) is 3.13. The molecule has 0 radical (unpaired) electrons. The van der Waals surface area contributed by atoms with Crippen LogP contribution in [0.2, 0.25) is 0 Å². The van der Waals surface area contributed by atoms with E-state index in [0.717, 1.165) is 11.1 Å². The van der Waals surface area contributed by atoms with E-state index in [4.69, 9.17) is 0 Å². The molecule has 1 aromatic carbocycles. The van der Waals surface area contributed by atoms with Gasteiger partial charge >= 0.3 is 0 Å². The highest BCUT2D eigenvalue weighted by Crippen LogP contribution is 2.22. The molecule has 0 unspecified atom stereocenters. The fourth-order valence-corrected chi connectivity index (χ4v) is 3.00. The normalized spacial score (nSPS) is 11.2. The van der Waals surface area contributed by atoms with Gasteiger partial charge in [-0.2, -0.15) is 8.42 Å². The van der Waals surface area contributed by atoms with Crippen molar-refractivity contribution in [2.45, 2.75) is 18.9 Å². The van der Waals surface area contributed by atoms with Crippen LogP contribution in [0.25, 0.3) is 0 Å². The second kappa shape index (κ2) is 5.50. The standard InChI is InChI=1S/C14H17N3O2S/c1-10-6-7-12(9-11(10)2)17-20(18,19)14-13(15-3)5-4-8-16-14/h4-9,15,17H,1-3H3. The number of nitrogens with zero attached hydrogens (tertiary/aromatic N) is 1. The lowest BCUT2D eigenvalue weighted by Gasteiger charge is -2.11. The smallest absolute Gasteiger partial charge is 0.281 e. The van der Waals surface area contributed by atoms with Gasteiger partial charge in [0.2, 0.25) is 0 Å². The molecule has 1 aromatic heterocycles. The molecule has 0 saturated heterocycles. The molecule has 106 valence electrons. The van der Waals surface area contributed by atoms with Crippen LogP contribution in [0.3, 0.4) is 0 Å². The number of nitrogens with one attached hydrogen (secondary N) is 2. The second-order valence-corrected chi connectivity index (χ2v) is 6.11. The second-order valence-electron chi connectivity index (χ2n) is 4.51. The van der Waals surface area contributed by atoms with Crippen LogP contribution in [0.5, 0.6) is 0 Å². The maximum atomic E-state index is 12.4. The molecule has 0 bridgehead atoms. The Morgan fingerprint density at radius 3 is 2.50 bits per heavy atom. The molecule has 6 heteroatoms. The van der Waals surface area contributed by atoms with E-state index in [1.807, 2.05) is 19.9 Å². The van der Waals surface area contributed by atoms with E-state index in [9.17, 15) is 8.42 Å². The van der Waals surface area contributed by atoms with Crippen molar-refractivity contribution >= 4 is 21.4 Å². The van der Waals surface area contributed by atoms with Gasteiger partial charge in [-0.15, -0.1) is 0 Å². The first kappa shape index (κ1) is 14.3. The number of hydrogen-bond donors (Lipinski definition) is 2. The fourth-order valence-electron chi connectivity index (χ4n) is 1.80. The minimum atomic E-state index is -3.71. The summed E-state index contributed by atoms with van der Waals surface area (Å²) in [5.74, 6) is 0. The Balaban J connectivity index is 2.38. The summed E-state index contributed by atoms with van der Waals surface area (Å²) < 4.78 is 27.3. The predicted molar refractivity (Wildman–Crippen MR) is 80.5 cm³/mol. The number of benzene rings is 1. The quantitative estimate of drug-likeness (QED) is 0.908. The number of hydrogen-bond acceptors (Lipinski definition) is 4. The minimum absolute atomic E-state index is 0.0132. The zero-order valence-electron chi connectivity index (χ0n) is 11.6. The number of pyridine rings is 1. The third-order valence-corrected chi connectivity index (χ3v) is 4.39. The van der Waals surface area contributed by atoms with Crippen molar-refractivity contribution in [1.82, 2.24) is 4.98 Å². The van der Waals surface area contributed by atoms with Crippen LogP contribution in [-0.4, -0.2) is 20.4 Å². The van der Waals surface area contributed by atoms with Crippen molar-refractivity contribution in [3.63, 3.8) is 0 Å². The third kappa shape index (κ3) is 2.91. The summed E-state index contributed by atoms with van der Waals surface area (Å²) in [7, 11) is -2.05. The lowest BCUT2D eigenvalue weighted by atomic mass is 10.1. The van der Waals surface area contributed by atoms with Crippen molar-refractivity contribution in [3.8, 4) is 0 Å². The van der Waals surface area contributed by atoms with Gasteiger partial charge in [0, 0.05) is 18.9 Å². The largest absolute Gasteiger partial charge is 0.386 e. The first-order valence-corrected chi connectivity index (χ1v) is 7.65. The van der Waals surface area contributed by atoms with Crippen LogP contribution in [0.1, 0.15) is 11.1 Å². The molecule has 5 nitrogen and oxygen atoms in total. The van der Waals surface area contributed by atoms with Crippen LogP contribution in [0.15, 0.2) is 41.6 Å². The topological polar surface area (TPSA) is 71.1 Å². The number of anilines is 2. The van der Waals surface area contributed by atoms with Gasteiger partial charge in [-0.1, -0.05) is 6.07 Å². The van der Waals surface area contributed by atoms with E-state index in [-0.39, 0.29) is 5.03 Å². The lowest BCUT2D eigenvalue weighted by molar-refractivity contribution is 0.598. The van der Waals surface area contributed by atoms with Gasteiger partial charge in [-0.25, -0.2) is 4.98 Å². The van der Waals surface area contributed by atoms with E-state index >= 15 is 0 Å². The van der Waals surface area contributed by atoms with Gasteiger partial charge in [0.05, 0.1) is 5.69 Å². The van der Waals surface area contributed by atoms with E-state index in [1.54, 1.807) is 31.3 Å². The minimum Gasteiger partial charge on any atom is -0.386 e. The molecule has 2 aromatic rings. The third-order valence-electron chi connectivity index (χ3n) is 3.05. The molecule has 0 aliphatic rings. The SMILES string of the molecule is CNc1cccnc1S(=O)(=O)Nc1ccc(C)c(C)c1. The molecule has 2 N–H and O–H groups in total. The summed E-state index contributed by atoms with van der Waals surface area (Å²) in [5, 5.41) is 2.81. The van der Waals surface area contributed by atoms with Crippen molar-refractivity contribution in [2.75, 3.05) is 17.1 Å². The maximum absolute atomic E-state index is 12.4. The van der Waals surface area contributed by atoms with Crippen molar-refractivity contribution in [3.05, 3.63) is 47.7 Å². The first-order valence-electron chi connectivity index (χ1n) is 6.17. The Morgan fingerprint density at radius 2 is 1.85 bits per heavy atom. The molecule has 0 saturated carbocycles. The summed E-state index contributed by atoms with van der Waals surface area (Å²) in [6.45, 7) is 3.92. The molecule has 1 heterocycles. The summed E-state index contributed by atoms with van der Waals surface area (Å²) in [6, 6.07) is 8.77. The maximum Gasteiger partial charge on any atom is 0.281 e. The predicted octanol–water partition coefficient (Wildman–Crippen LogP) is 2.54.